The first kappa shape index (κ1) is 14.8. The summed E-state index contributed by atoms with van der Waals surface area (Å²) in [6, 6.07) is 5.18. The highest BCUT2D eigenvalue weighted by atomic mass is 16.5. The fourth-order valence-corrected chi connectivity index (χ4v) is 1.76. The summed E-state index contributed by atoms with van der Waals surface area (Å²) in [5.41, 5.74) is 17.3. The minimum absolute atomic E-state index is 0.0555. The van der Waals surface area contributed by atoms with Gasteiger partial charge in [-0.25, -0.2) is 0 Å². The number of ether oxygens (including phenoxy) is 1. The minimum atomic E-state index is -0.530. The van der Waals surface area contributed by atoms with Gasteiger partial charge in [-0.15, -0.1) is 0 Å². The highest BCUT2D eigenvalue weighted by molar-refractivity contribution is 5.79. The van der Waals surface area contributed by atoms with E-state index < -0.39 is 11.8 Å². The van der Waals surface area contributed by atoms with Crippen molar-refractivity contribution in [2.75, 3.05) is 25.9 Å². The quantitative estimate of drug-likeness (QED) is 0.549. The number of nitrogens with two attached hydrogens (primary N) is 3. The summed E-state index contributed by atoms with van der Waals surface area (Å²) in [6.07, 6.45) is 0. The van der Waals surface area contributed by atoms with Gasteiger partial charge in [-0.05, 0) is 17.7 Å². The Kier molecular flexibility index (Phi) is 5.13. The largest absolute Gasteiger partial charge is 0.497 e. The maximum atomic E-state index is 11.0. The second-order valence-corrected chi connectivity index (χ2v) is 4.19. The molecule has 7 heteroatoms. The van der Waals surface area contributed by atoms with Crippen LogP contribution in [0.2, 0.25) is 0 Å². The third-order valence-corrected chi connectivity index (χ3v) is 2.39. The summed E-state index contributed by atoms with van der Waals surface area (Å²) in [5.74, 6) is -0.456. The Balaban J connectivity index is 2.85. The van der Waals surface area contributed by atoms with Gasteiger partial charge < -0.3 is 21.9 Å². The van der Waals surface area contributed by atoms with Crippen LogP contribution < -0.4 is 21.9 Å². The molecular formula is C12H18N4O3. The number of benzene rings is 1. The van der Waals surface area contributed by atoms with Crippen molar-refractivity contribution < 1.29 is 14.3 Å². The number of primary amides is 2. The molecule has 0 aliphatic heterocycles. The average molecular weight is 266 g/mol. The third kappa shape index (κ3) is 5.26. The first-order valence-corrected chi connectivity index (χ1v) is 5.63. The van der Waals surface area contributed by atoms with Crippen molar-refractivity contribution in [2.45, 2.75) is 6.54 Å². The van der Waals surface area contributed by atoms with Crippen LogP contribution in [0.1, 0.15) is 5.56 Å². The van der Waals surface area contributed by atoms with Crippen molar-refractivity contribution in [1.82, 2.24) is 4.90 Å². The van der Waals surface area contributed by atoms with E-state index in [9.17, 15) is 9.59 Å². The van der Waals surface area contributed by atoms with Gasteiger partial charge in [-0.3, -0.25) is 14.5 Å². The summed E-state index contributed by atoms with van der Waals surface area (Å²) in [5, 5.41) is 0. The Morgan fingerprint density at radius 1 is 1.16 bits per heavy atom. The van der Waals surface area contributed by atoms with Crippen molar-refractivity contribution >= 4 is 17.5 Å². The zero-order chi connectivity index (χ0) is 14.4. The SMILES string of the molecule is COc1cc(N)cc(CN(CC(N)=O)CC(N)=O)c1. The molecule has 0 aromatic heterocycles. The molecule has 0 aliphatic carbocycles. The summed E-state index contributed by atoms with van der Waals surface area (Å²) in [6.45, 7) is 0.216. The van der Waals surface area contributed by atoms with E-state index >= 15 is 0 Å². The van der Waals surface area contributed by atoms with Crippen molar-refractivity contribution in [3.63, 3.8) is 0 Å². The molecule has 1 rings (SSSR count). The Morgan fingerprint density at radius 3 is 2.21 bits per heavy atom. The number of anilines is 1. The average Bonchev–Trinajstić information content (AvgIpc) is 2.26. The monoisotopic (exact) mass is 266 g/mol. The predicted molar refractivity (Wildman–Crippen MR) is 71.1 cm³/mol. The lowest BCUT2D eigenvalue weighted by molar-refractivity contribution is -0.122. The standard InChI is InChI=1S/C12H18N4O3/c1-19-10-3-8(2-9(13)4-10)5-16(6-11(14)17)7-12(15)18/h2-4H,5-7,13H2,1H3,(H2,14,17)(H2,15,18). The Morgan fingerprint density at radius 2 is 1.74 bits per heavy atom. The van der Waals surface area contributed by atoms with Crippen molar-refractivity contribution in [2.24, 2.45) is 11.5 Å². The molecule has 0 atom stereocenters. The molecule has 0 radical (unpaired) electrons. The molecule has 0 heterocycles. The van der Waals surface area contributed by atoms with Gasteiger partial charge >= 0.3 is 0 Å². The number of nitrogens with zero attached hydrogens (tertiary/aromatic N) is 1. The normalized spacial score (nSPS) is 10.4. The smallest absolute Gasteiger partial charge is 0.231 e. The van der Waals surface area contributed by atoms with Crippen LogP contribution in [-0.2, 0) is 16.1 Å². The number of hydrogen-bond donors (Lipinski definition) is 3. The van der Waals surface area contributed by atoms with Crippen LogP contribution in [0, 0.1) is 0 Å². The molecule has 2 amide bonds. The predicted octanol–water partition coefficient (Wildman–Crippen LogP) is -0.950. The topological polar surface area (TPSA) is 125 Å². The molecule has 1 aromatic carbocycles. The molecule has 0 bridgehead atoms. The highest BCUT2D eigenvalue weighted by Gasteiger charge is 2.12. The van der Waals surface area contributed by atoms with E-state index in [1.807, 2.05) is 0 Å². The Hall–Kier alpha value is -2.28. The molecule has 0 saturated carbocycles. The van der Waals surface area contributed by atoms with E-state index in [1.165, 1.54) is 7.11 Å². The lowest BCUT2D eigenvalue weighted by Crippen LogP contribution is -2.39. The van der Waals surface area contributed by atoms with E-state index in [4.69, 9.17) is 21.9 Å². The summed E-state index contributed by atoms with van der Waals surface area (Å²) in [7, 11) is 1.53. The Bertz CT molecular complexity index is 460. The fourth-order valence-electron chi connectivity index (χ4n) is 1.76. The number of carbonyl (C=O) groups excluding carboxylic acids is 2. The first-order valence-electron chi connectivity index (χ1n) is 5.63. The lowest BCUT2D eigenvalue weighted by atomic mass is 10.1. The number of rotatable bonds is 7. The number of amides is 2. The maximum absolute atomic E-state index is 11.0. The lowest BCUT2D eigenvalue weighted by Gasteiger charge is -2.19. The van der Waals surface area contributed by atoms with Crippen LogP contribution in [0.4, 0.5) is 5.69 Å². The van der Waals surface area contributed by atoms with Gasteiger partial charge in [-0.2, -0.15) is 0 Å². The summed E-state index contributed by atoms with van der Waals surface area (Å²) in [4.78, 5) is 23.4. The molecule has 0 aliphatic rings. The molecule has 19 heavy (non-hydrogen) atoms. The van der Waals surface area contributed by atoms with Gasteiger partial charge in [0.2, 0.25) is 11.8 Å². The maximum Gasteiger partial charge on any atom is 0.231 e. The molecule has 0 saturated heterocycles. The van der Waals surface area contributed by atoms with Crippen molar-refractivity contribution in [1.29, 1.82) is 0 Å². The first-order chi connectivity index (χ1) is 8.90. The van der Waals surface area contributed by atoms with Crippen LogP contribution >= 0.6 is 0 Å². The molecule has 0 unspecified atom stereocenters. The van der Waals surface area contributed by atoms with Gasteiger partial charge in [0, 0.05) is 18.3 Å². The molecule has 7 nitrogen and oxygen atoms in total. The van der Waals surface area contributed by atoms with E-state index in [0.717, 1.165) is 5.56 Å². The van der Waals surface area contributed by atoms with E-state index in [2.05, 4.69) is 0 Å². The highest BCUT2D eigenvalue weighted by Crippen LogP contribution is 2.19. The number of methoxy groups -OCH3 is 1. The fraction of sp³-hybridized carbons (Fsp3) is 0.333. The molecule has 0 fully saturated rings. The Labute approximate surface area is 111 Å². The molecule has 1 aromatic rings. The molecular weight excluding hydrogens is 248 g/mol. The number of hydrogen-bond acceptors (Lipinski definition) is 5. The second-order valence-electron chi connectivity index (χ2n) is 4.19. The van der Waals surface area contributed by atoms with Crippen LogP contribution in [-0.4, -0.2) is 36.9 Å². The number of carbonyl (C=O) groups is 2. The van der Waals surface area contributed by atoms with Crippen LogP contribution in [0.5, 0.6) is 5.75 Å². The third-order valence-electron chi connectivity index (χ3n) is 2.39. The van der Waals surface area contributed by atoms with Crippen LogP contribution in [0.25, 0.3) is 0 Å². The van der Waals surface area contributed by atoms with Gasteiger partial charge in [0.25, 0.3) is 0 Å². The molecule has 6 N–H and O–H groups in total. The zero-order valence-corrected chi connectivity index (χ0v) is 10.8. The van der Waals surface area contributed by atoms with Gasteiger partial charge in [0.1, 0.15) is 5.75 Å². The minimum Gasteiger partial charge on any atom is -0.497 e. The zero-order valence-electron chi connectivity index (χ0n) is 10.8. The van der Waals surface area contributed by atoms with Gasteiger partial charge in [0.15, 0.2) is 0 Å². The van der Waals surface area contributed by atoms with Crippen molar-refractivity contribution in [3.05, 3.63) is 23.8 Å². The summed E-state index contributed by atoms with van der Waals surface area (Å²) >= 11 is 0. The second kappa shape index (κ2) is 6.60. The van der Waals surface area contributed by atoms with Crippen LogP contribution in [0.3, 0.4) is 0 Å². The van der Waals surface area contributed by atoms with E-state index in [0.29, 0.717) is 18.0 Å². The van der Waals surface area contributed by atoms with E-state index in [1.54, 1.807) is 23.1 Å². The summed E-state index contributed by atoms with van der Waals surface area (Å²) < 4.78 is 5.10. The van der Waals surface area contributed by atoms with Crippen molar-refractivity contribution in [3.8, 4) is 5.75 Å². The number of nitrogen functional groups attached to an aromatic ring is 1. The molecule has 104 valence electrons. The van der Waals surface area contributed by atoms with Gasteiger partial charge in [0.05, 0.1) is 20.2 Å². The van der Waals surface area contributed by atoms with Gasteiger partial charge in [-0.1, -0.05) is 0 Å². The molecule has 0 spiro atoms. The van der Waals surface area contributed by atoms with E-state index in [-0.39, 0.29) is 13.1 Å². The van der Waals surface area contributed by atoms with Crippen LogP contribution in [0.15, 0.2) is 18.2 Å².